The van der Waals surface area contributed by atoms with Gasteiger partial charge in [0.15, 0.2) is 11.8 Å². The first-order valence-electron chi connectivity index (χ1n) is 14.6. The fraction of sp³-hybridized carbons (Fsp3) is 0.389. The zero-order valence-corrected chi connectivity index (χ0v) is 24.7. The van der Waals surface area contributed by atoms with Crippen LogP contribution in [-0.2, 0) is 12.5 Å². The number of hydrogen-bond donors (Lipinski definition) is 0. The van der Waals surface area contributed by atoms with Crippen molar-refractivity contribution in [2.45, 2.75) is 72.6 Å². The molecule has 1 aliphatic rings. The lowest BCUT2D eigenvalue weighted by atomic mass is 9.69. The Morgan fingerprint density at radius 1 is 0.846 bits per heavy atom. The fourth-order valence-corrected chi connectivity index (χ4v) is 7.10. The highest BCUT2D eigenvalue weighted by Crippen LogP contribution is 2.55. The van der Waals surface area contributed by atoms with Crippen molar-refractivity contribution in [3.8, 4) is 22.4 Å². The molecule has 0 radical (unpaired) electrons. The summed E-state index contributed by atoms with van der Waals surface area (Å²) >= 11 is 0. The molecule has 6 rings (SSSR count). The second-order valence-corrected chi connectivity index (χ2v) is 12.9. The van der Waals surface area contributed by atoms with Gasteiger partial charge in [0, 0.05) is 33.9 Å². The molecule has 3 heteroatoms. The van der Waals surface area contributed by atoms with Crippen LogP contribution in [-0.4, -0.2) is 4.98 Å². The van der Waals surface area contributed by atoms with Crippen LogP contribution in [0.25, 0.3) is 44.5 Å². The third-order valence-electron chi connectivity index (χ3n) is 8.64. The Balaban J connectivity index is 1.66. The van der Waals surface area contributed by atoms with Crippen molar-refractivity contribution in [2.75, 3.05) is 0 Å². The molecule has 0 saturated heterocycles. The van der Waals surface area contributed by atoms with Crippen LogP contribution in [0.5, 0.6) is 0 Å². The lowest BCUT2D eigenvalue weighted by Crippen LogP contribution is -2.31. The van der Waals surface area contributed by atoms with Crippen molar-refractivity contribution in [2.24, 2.45) is 18.9 Å². The molecule has 1 aliphatic carbocycles. The van der Waals surface area contributed by atoms with Crippen LogP contribution < -0.4 is 4.57 Å². The van der Waals surface area contributed by atoms with Crippen molar-refractivity contribution in [3.05, 3.63) is 83.2 Å². The summed E-state index contributed by atoms with van der Waals surface area (Å²) in [5, 5.41) is 2.24. The first kappa shape index (κ1) is 25.8. The highest BCUT2D eigenvalue weighted by Gasteiger charge is 2.45. The van der Waals surface area contributed by atoms with Gasteiger partial charge in [-0.1, -0.05) is 77.9 Å². The molecule has 0 saturated carbocycles. The molecule has 5 aromatic rings. The molecule has 0 fully saturated rings. The average molecular weight is 518 g/mol. The minimum absolute atomic E-state index is 0.0990. The molecule has 0 bridgehead atoms. The molecular formula is C36H41N2O+. The van der Waals surface area contributed by atoms with Crippen molar-refractivity contribution >= 4 is 22.1 Å². The highest BCUT2D eigenvalue weighted by atomic mass is 16.3. The number of fused-ring (bicyclic) bond motifs is 6. The lowest BCUT2D eigenvalue weighted by Gasteiger charge is -2.34. The standard InChI is InChI=1S/C36H41N2O/c1-21(2)19-36(20-22(3)4)30-12-10-9-11-26(30)28-18-29-27-14-13-24(7)32(33(27)39-35(29)37-34(28)36)31-17-25(23(5)6)15-16-38(31)8/h9-18,21-23H,19-20H2,1-8H3/q+1. The molecule has 200 valence electrons. The molecule has 3 aromatic heterocycles. The minimum Gasteiger partial charge on any atom is -0.437 e. The van der Waals surface area contributed by atoms with Crippen molar-refractivity contribution in [3.63, 3.8) is 0 Å². The van der Waals surface area contributed by atoms with E-state index in [-0.39, 0.29) is 5.41 Å². The van der Waals surface area contributed by atoms with Gasteiger partial charge in [-0.2, -0.15) is 0 Å². The predicted octanol–water partition coefficient (Wildman–Crippen LogP) is 9.26. The van der Waals surface area contributed by atoms with Crippen molar-refractivity contribution in [1.29, 1.82) is 0 Å². The van der Waals surface area contributed by atoms with Gasteiger partial charge >= 0.3 is 0 Å². The fourth-order valence-electron chi connectivity index (χ4n) is 7.10. The zero-order valence-electron chi connectivity index (χ0n) is 24.7. The third-order valence-corrected chi connectivity index (χ3v) is 8.64. The van der Waals surface area contributed by atoms with Gasteiger partial charge in [0.1, 0.15) is 7.05 Å². The second-order valence-electron chi connectivity index (χ2n) is 12.9. The molecule has 2 aromatic carbocycles. The van der Waals surface area contributed by atoms with Gasteiger partial charge in [-0.25, -0.2) is 9.55 Å². The van der Waals surface area contributed by atoms with E-state index in [1.807, 2.05) is 0 Å². The van der Waals surface area contributed by atoms with Crippen LogP contribution in [0.4, 0.5) is 0 Å². The van der Waals surface area contributed by atoms with Gasteiger partial charge in [-0.05, 0) is 65.8 Å². The van der Waals surface area contributed by atoms with Crippen LogP contribution >= 0.6 is 0 Å². The Morgan fingerprint density at radius 2 is 1.56 bits per heavy atom. The van der Waals surface area contributed by atoms with Gasteiger partial charge in [0.05, 0.1) is 11.3 Å². The molecule has 0 spiro atoms. The van der Waals surface area contributed by atoms with E-state index in [9.17, 15) is 0 Å². The number of aryl methyl sites for hydroxylation is 2. The maximum atomic E-state index is 6.78. The number of aromatic nitrogens is 2. The normalized spacial score (nSPS) is 14.2. The van der Waals surface area contributed by atoms with E-state index in [4.69, 9.17) is 9.40 Å². The van der Waals surface area contributed by atoms with Gasteiger partial charge in [-0.15, -0.1) is 0 Å². The summed E-state index contributed by atoms with van der Waals surface area (Å²) in [4.78, 5) is 5.43. The molecule has 0 atom stereocenters. The quantitative estimate of drug-likeness (QED) is 0.210. The SMILES string of the molecule is Cc1ccc2c(oc3nc4c(cc32)-c2ccccc2C4(CC(C)C)CC(C)C)c1-c1cc(C(C)C)cc[n+]1C. The van der Waals surface area contributed by atoms with Gasteiger partial charge in [0.25, 0.3) is 0 Å². The van der Waals surface area contributed by atoms with E-state index >= 15 is 0 Å². The van der Waals surface area contributed by atoms with E-state index < -0.39 is 0 Å². The Kier molecular flexibility index (Phi) is 6.17. The monoisotopic (exact) mass is 517 g/mol. The van der Waals surface area contributed by atoms with Crippen LogP contribution in [0.15, 0.2) is 65.2 Å². The maximum absolute atomic E-state index is 6.78. The Bertz CT molecular complexity index is 1710. The van der Waals surface area contributed by atoms with Crippen LogP contribution in [0.2, 0.25) is 0 Å². The predicted molar refractivity (Wildman–Crippen MR) is 162 cm³/mol. The summed E-state index contributed by atoms with van der Waals surface area (Å²) in [5.74, 6) is 1.57. The number of furan rings is 1. The second kappa shape index (κ2) is 9.33. The molecule has 0 aliphatic heterocycles. The largest absolute Gasteiger partial charge is 0.437 e. The third kappa shape index (κ3) is 4.01. The summed E-state index contributed by atoms with van der Waals surface area (Å²) in [6, 6.07) is 20.4. The molecule has 3 heterocycles. The summed E-state index contributed by atoms with van der Waals surface area (Å²) in [7, 11) is 2.12. The summed E-state index contributed by atoms with van der Waals surface area (Å²) in [6.07, 6.45) is 4.33. The molecule has 3 nitrogen and oxygen atoms in total. The van der Waals surface area contributed by atoms with Gasteiger partial charge in [0.2, 0.25) is 11.4 Å². The number of rotatable bonds is 6. The topological polar surface area (TPSA) is 29.9 Å². The summed E-state index contributed by atoms with van der Waals surface area (Å²) in [5.41, 5.74) is 11.7. The Morgan fingerprint density at radius 3 is 2.26 bits per heavy atom. The van der Waals surface area contributed by atoms with E-state index in [0.29, 0.717) is 17.8 Å². The number of benzene rings is 2. The number of hydrogen-bond acceptors (Lipinski definition) is 2. The van der Waals surface area contributed by atoms with Gasteiger partial charge in [-0.3, -0.25) is 0 Å². The van der Waals surface area contributed by atoms with Crippen molar-refractivity contribution < 1.29 is 8.98 Å². The Labute approximate surface area is 232 Å². The van der Waals surface area contributed by atoms with E-state index in [1.165, 1.54) is 39.2 Å². The van der Waals surface area contributed by atoms with E-state index in [2.05, 4.69) is 121 Å². The average Bonchev–Trinajstić information content (AvgIpc) is 3.36. The summed E-state index contributed by atoms with van der Waals surface area (Å²) in [6.45, 7) is 16.0. The molecular weight excluding hydrogens is 476 g/mol. The smallest absolute Gasteiger partial charge is 0.227 e. The molecule has 39 heavy (non-hydrogen) atoms. The minimum atomic E-state index is -0.0990. The molecule has 0 unspecified atom stereocenters. The zero-order chi connectivity index (χ0) is 27.6. The van der Waals surface area contributed by atoms with Crippen LogP contribution in [0, 0.1) is 18.8 Å². The summed E-state index contributed by atoms with van der Waals surface area (Å²) < 4.78 is 8.99. The lowest BCUT2D eigenvalue weighted by molar-refractivity contribution is -0.660. The number of nitrogens with zero attached hydrogens (tertiary/aromatic N) is 2. The van der Waals surface area contributed by atoms with Gasteiger partial charge < -0.3 is 4.42 Å². The highest BCUT2D eigenvalue weighted by molar-refractivity contribution is 6.10. The van der Waals surface area contributed by atoms with E-state index in [0.717, 1.165) is 40.5 Å². The first-order valence-corrected chi connectivity index (χ1v) is 14.6. The van der Waals surface area contributed by atoms with Crippen LogP contribution in [0.1, 0.15) is 82.7 Å². The van der Waals surface area contributed by atoms with Crippen molar-refractivity contribution in [1.82, 2.24) is 4.98 Å². The van der Waals surface area contributed by atoms with Crippen LogP contribution in [0.3, 0.4) is 0 Å². The Hall–Kier alpha value is -3.46. The van der Waals surface area contributed by atoms with E-state index in [1.54, 1.807) is 0 Å². The molecule has 0 N–H and O–H groups in total. The first-order chi connectivity index (χ1) is 18.6. The molecule has 0 amide bonds. The number of pyridine rings is 2. The maximum Gasteiger partial charge on any atom is 0.227 e.